The van der Waals surface area contributed by atoms with Crippen molar-refractivity contribution in [2.45, 2.75) is 274 Å². The minimum absolute atomic E-state index is 0.0587. The van der Waals surface area contributed by atoms with Gasteiger partial charge in [-0.15, -0.1) is 0 Å². The summed E-state index contributed by atoms with van der Waals surface area (Å²) >= 11 is 0. The second kappa shape index (κ2) is 42.7. The van der Waals surface area contributed by atoms with Crippen LogP contribution in [0.1, 0.15) is 206 Å². The van der Waals surface area contributed by atoms with E-state index in [9.17, 15) is 40.5 Å². The van der Waals surface area contributed by atoms with Gasteiger partial charge in [0.25, 0.3) is 0 Å². The lowest BCUT2D eigenvalue weighted by Gasteiger charge is -2.42. The van der Waals surface area contributed by atoms with Crippen molar-refractivity contribution in [3.63, 3.8) is 0 Å². The van der Waals surface area contributed by atoms with Crippen molar-refractivity contribution in [1.29, 1.82) is 0 Å². The molecule has 7 N–H and O–H groups in total. The number of carbonyl (C=O) groups excluding carboxylic acids is 1. The van der Waals surface area contributed by atoms with Crippen LogP contribution in [0.15, 0.2) is 36.5 Å². The van der Waals surface area contributed by atoms with E-state index in [0.717, 1.165) is 70.6 Å². The van der Waals surface area contributed by atoms with Gasteiger partial charge in [-0.2, -0.15) is 0 Å². The number of unbranched alkanes of at least 4 members (excludes halogenated alkanes) is 24. The van der Waals surface area contributed by atoms with Crippen LogP contribution in [0.25, 0.3) is 0 Å². The number of allylic oxidation sites excluding steroid dienone is 6. The monoisotopic (exact) mass is 985 g/mol. The third kappa shape index (κ3) is 30.1. The molecule has 14 nitrogen and oxygen atoms in total. The number of aliphatic hydroxyl groups is 7. The third-order valence-electron chi connectivity index (χ3n) is 13.2. The van der Waals surface area contributed by atoms with E-state index in [2.05, 4.69) is 50.3 Å². The standard InChI is InChI=1S/C55H100O14/c1-3-5-7-9-11-13-15-17-19-20-21-22-23-24-25-26-28-30-32-34-36-38-47(57)67-44(41-64-39-37-35-33-31-29-27-18-16-14-12-10-8-6-4-2)42-65-54-53(63)51(61)49(59)46(69-54)43-66-55-52(62)50(60)48(58)45(40-56)68-55/h15,17,20-21,23-24,44-46,48-56,58-63H,3-14,16,18-19,22,25-43H2,1-2H3/b17-15-,21-20-,24-23-. The van der Waals surface area contributed by atoms with Crippen LogP contribution in [-0.4, -0.2) is 142 Å². The Hall–Kier alpha value is -1.79. The lowest BCUT2D eigenvalue weighted by Crippen LogP contribution is -2.61. The second-order valence-electron chi connectivity index (χ2n) is 19.4. The molecule has 0 aliphatic carbocycles. The number of hydrogen-bond donors (Lipinski definition) is 7. The molecule has 14 heteroatoms. The lowest BCUT2D eigenvalue weighted by atomic mass is 9.98. The van der Waals surface area contributed by atoms with Crippen molar-refractivity contribution in [2.75, 3.05) is 33.0 Å². The Morgan fingerprint density at radius 1 is 0.478 bits per heavy atom. The summed E-state index contributed by atoms with van der Waals surface area (Å²) in [6.07, 6.45) is 32.0. The fraction of sp³-hybridized carbons (Fsp3) is 0.873. The van der Waals surface area contributed by atoms with Crippen molar-refractivity contribution < 1.29 is 69.0 Å². The summed E-state index contributed by atoms with van der Waals surface area (Å²) in [5, 5.41) is 72.2. The molecule has 0 saturated carbocycles. The Morgan fingerprint density at radius 3 is 1.41 bits per heavy atom. The molecule has 0 amide bonds. The summed E-state index contributed by atoms with van der Waals surface area (Å²) in [5.41, 5.74) is 0. The van der Waals surface area contributed by atoms with Crippen LogP contribution in [-0.2, 0) is 33.2 Å². The van der Waals surface area contributed by atoms with Gasteiger partial charge in [0.1, 0.15) is 54.9 Å². The van der Waals surface area contributed by atoms with Crippen molar-refractivity contribution >= 4 is 5.97 Å². The zero-order valence-electron chi connectivity index (χ0n) is 43.1. The number of hydrogen-bond acceptors (Lipinski definition) is 14. The molecule has 2 fully saturated rings. The number of carbonyl (C=O) groups is 1. The van der Waals surface area contributed by atoms with E-state index in [1.165, 1.54) is 109 Å². The van der Waals surface area contributed by atoms with E-state index in [-0.39, 0.29) is 25.6 Å². The van der Waals surface area contributed by atoms with Crippen LogP contribution >= 0.6 is 0 Å². The van der Waals surface area contributed by atoms with Crippen molar-refractivity contribution in [2.24, 2.45) is 0 Å². The first-order valence-electron chi connectivity index (χ1n) is 27.6. The molecule has 69 heavy (non-hydrogen) atoms. The zero-order valence-corrected chi connectivity index (χ0v) is 43.1. The van der Waals surface area contributed by atoms with Gasteiger partial charge in [0.05, 0.1) is 26.4 Å². The molecule has 2 heterocycles. The van der Waals surface area contributed by atoms with Crippen LogP contribution < -0.4 is 0 Å². The fourth-order valence-electron chi connectivity index (χ4n) is 8.65. The van der Waals surface area contributed by atoms with Crippen LogP contribution in [0.5, 0.6) is 0 Å². The lowest BCUT2D eigenvalue weighted by molar-refractivity contribution is -0.332. The Balaban J connectivity index is 1.74. The third-order valence-corrected chi connectivity index (χ3v) is 13.2. The Kier molecular flexibility index (Phi) is 39.2. The van der Waals surface area contributed by atoms with Crippen LogP contribution in [0.4, 0.5) is 0 Å². The first-order chi connectivity index (χ1) is 33.6. The average molecular weight is 985 g/mol. The van der Waals surface area contributed by atoms with E-state index in [0.29, 0.717) is 13.0 Å². The largest absolute Gasteiger partial charge is 0.457 e. The van der Waals surface area contributed by atoms with Crippen molar-refractivity contribution in [3.05, 3.63) is 36.5 Å². The quantitative estimate of drug-likeness (QED) is 0.0173. The van der Waals surface area contributed by atoms with Gasteiger partial charge in [-0.05, 0) is 51.4 Å². The highest BCUT2D eigenvalue weighted by Crippen LogP contribution is 2.26. The van der Waals surface area contributed by atoms with E-state index >= 15 is 0 Å². The number of rotatable bonds is 44. The number of esters is 1. The highest BCUT2D eigenvalue weighted by Gasteiger charge is 2.47. The molecule has 404 valence electrons. The maximum absolute atomic E-state index is 13.0. The van der Waals surface area contributed by atoms with Gasteiger partial charge in [-0.1, -0.05) is 185 Å². The van der Waals surface area contributed by atoms with Crippen molar-refractivity contribution in [1.82, 2.24) is 0 Å². The maximum atomic E-state index is 13.0. The van der Waals surface area contributed by atoms with Gasteiger partial charge < -0.3 is 64.2 Å². The van der Waals surface area contributed by atoms with Crippen LogP contribution in [0.2, 0.25) is 0 Å². The molecule has 0 aromatic carbocycles. The van der Waals surface area contributed by atoms with E-state index in [4.69, 9.17) is 28.4 Å². The second-order valence-corrected chi connectivity index (χ2v) is 19.4. The van der Waals surface area contributed by atoms with E-state index < -0.39 is 80.7 Å². The summed E-state index contributed by atoms with van der Waals surface area (Å²) in [5.74, 6) is -0.386. The molecule has 0 aromatic heterocycles. The molecule has 11 unspecified atom stereocenters. The van der Waals surface area contributed by atoms with Gasteiger partial charge in [0.15, 0.2) is 12.6 Å². The number of aliphatic hydroxyl groups excluding tert-OH is 7. The molecule has 2 aliphatic heterocycles. The predicted octanol–water partition coefficient (Wildman–Crippen LogP) is 8.97. The summed E-state index contributed by atoms with van der Waals surface area (Å²) in [6, 6.07) is 0. The molecule has 0 aromatic rings. The predicted molar refractivity (Wildman–Crippen MR) is 270 cm³/mol. The topological polar surface area (TPSA) is 214 Å². The summed E-state index contributed by atoms with van der Waals surface area (Å²) in [6.45, 7) is 3.68. The summed E-state index contributed by atoms with van der Waals surface area (Å²) in [4.78, 5) is 13.0. The molecule has 2 saturated heterocycles. The SMILES string of the molecule is CCCCCCC/C=C\C/C=C\C/C=C\CCCCCCCCC(=O)OC(COCCCCCCCCCCCCCCCC)COC1OC(COC2OC(CO)C(O)C(O)C2O)C(O)C(O)C1O. The molecule has 0 radical (unpaired) electrons. The number of ether oxygens (including phenoxy) is 6. The highest BCUT2D eigenvalue weighted by atomic mass is 16.7. The van der Waals surface area contributed by atoms with E-state index in [1.807, 2.05) is 0 Å². The maximum Gasteiger partial charge on any atom is 0.306 e. The zero-order chi connectivity index (χ0) is 50.2. The molecule has 0 spiro atoms. The molecular formula is C55H100O14. The smallest absolute Gasteiger partial charge is 0.306 e. The highest BCUT2D eigenvalue weighted by molar-refractivity contribution is 5.69. The first-order valence-corrected chi connectivity index (χ1v) is 27.6. The Labute approximate surface area is 417 Å². The summed E-state index contributed by atoms with van der Waals surface area (Å²) in [7, 11) is 0. The van der Waals surface area contributed by atoms with Gasteiger partial charge in [-0.3, -0.25) is 4.79 Å². The van der Waals surface area contributed by atoms with Gasteiger partial charge in [0.2, 0.25) is 0 Å². The first kappa shape index (κ1) is 63.3. The molecule has 0 bridgehead atoms. The Bertz CT molecular complexity index is 1280. The molecular weight excluding hydrogens is 885 g/mol. The normalized spacial score (nSPS) is 25.9. The fourth-order valence-corrected chi connectivity index (χ4v) is 8.65. The minimum atomic E-state index is -1.71. The van der Waals surface area contributed by atoms with Gasteiger partial charge in [0, 0.05) is 13.0 Å². The Morgan fingerprint density at radius 2 is 0.899 bits per heavy atom. The average Bonchev–Trinajstić information content (AvgIpc) is 3.35. The van der Waals surface area contributed by atoms with Crippen LogP contribution in [0, 0.1) is 0 Å². The van der Waals surface area contributed by atoms with E-state index in [1.54, 1.807) is 0 Å². The van der Waals surface area contributed by atoms with Gasteiger partial charge >= 0.3 is 5.97 Å². The molecule has 11 atom stereocenters. The minimum Gasteiger partial charge on any atom is -0.457 e. The molecule has 2 aliphatic rings. The van der Waals surface area contributed by atoms with Crippen molar-refractivity contribution in [3.8, 4) is 0 Å². The van der Waals surface area contributed by atoms with Gasteiger partial charge in [-0.25, -0.2) is 0 Å². The van der Waals surface area contributed by atoms with Crippen LogP contribution in [0.3, 0.4) is 0 Å². The summed E-state index contributed by atoms with van der Waals surface area (Å²) < 4.78 is 34.3. The molecule has 2 rings (SSSR count).